The van der Waals surface area contributed by atoms with Crippen LogP contribution in [-0.4, -0.2) is 41.1 Å². The number of rotatable bonds is 4. The molecule has 154 valence electrons. The van der Waals surface area contributed by atoms with Crippen molar-refractivity contribution in [3.63, 3.8) is 0 Å². The van der Waals surface area contributed by atoms with Crippen LogP contribution in [0.15, 0.2) is 29.4 Å². The van der Waals surface area contributed by atoms with E-state index in [0.29, 0.717) is 25.9 Å². The number of benzene rings is 1. The van der Waals surface area contributed by atoms with E-state index < -0.39 is 12.3 Å². The van der Waals surface area contributed by atoms with Crippen molar-refractivity contribution in [2.24, 2.45) is 5.16 Å². The summed E-state index contributed by atoms with van der Waals surface area (Å²) in [7, 11) is 0. The first-order valence-electron chi connectivity index (χ1n) is 9.99. The Morgan fingerprint density at radius 2 is 1.75 bits per heavy atom. The number of likely N-dealkylation sites (tertiary alicyclic amines) is 1. The predicted molar refractivity (Wildman–Crippen MR) is 106 cm³/mol. The fraction of sp³-hybridized carbons (Fsp3) is 0.636. The largest absolute Gasteiger partial charge is 0.388 e. The number of hydrogen-bond donors (Lipinski definition) is 0. The SMILES string of the molecule is CC(F)(F)CCC(=O)N1CCC2(CC1)CC(c1ccc(C(C)(C)C)cc1)=NO2. The molecule has 6 heteroatoms. The van der Waals surface area contributed by atoms with Gasteiger partial charge < -0.3 is 9.74 Å². The summed E-state index contributed by atoms with van der Waals surface area (Å²) in [6.07, 6.45) is 1.56. The summed E-state index contributed by atoms with van der Waals surface area (Å²) in [5.41, 5.74) is 3.01. The highest BCUT2D eigenvalue weighted by Gasteiger charge is 2.43. The van der Waals surface area contributed by atoms with Crippen LogP contribution in [0.1, 0.15) is 70.9 Å². The normalized spacial score (nSPS) is 19.5. The van der Waals surface area contributed by atoms with Crippen molar-refractivity contribution in [3.05, 3.63) is 35.4 Å². The Morgan fingerprint density at radius 1 is 1.14 bits per heavy atom. The van der Waals surface area contributed by atoms with Crippen molar-refractivity contribution in [2.45, 2.75) is 76.7 Å². The molecule has 2 aliphatic heterocycles. The van der Waals surface area contributed by atoms with Crippen molar-refractivity contribution >= 4 is 11.6 Å². The first kappa shape index (κ1) is 20.7. The van der Waals surface area contributed by atoms with Gasteiger partial charge in [0.2, 0.25) is 11.8 Å². The van der Waals surface area contributed by atoms with Crippen LogP contribution in [-0.2, 0) is 15.0 Å². The lowest BCUT2D eigenvalue weighted by atomic mass is 9.84. The topological polar surface area (TPSA) is 41.9 Å². The van der Waals surface area contributed by atoms with Gasteiger partial charge in [0.25, 0.3) is 0 Å². The Labute approximate surface area is 165 Å². The van der Waals surface area contributed by atoms with Gasteiger partial charge in [0.15, 0.2) is 0 Å². The lowest BCUT2D eigenvalue weighted by Gasteiger charge is -2.37. The van der Waals surface area contributed by atoms with Gasteiger partial charge in [0, 0.05) is 45.2 Å². The minimum absolute atomic E-state index is 0.106. The van der Waals surface area contributed by atoms with Crippen molar-refractivity contribution in [1.29, 1.82) is 0 Å². The van der Waals surface area contributed by atoms with Gasteiger partial charge in [-0.1, -0.05) is 50.2 Å². The van der Waals surface area contributed by atoms with E-state index in [1.807, 2.05) is 0 Å². The molecule has 1 aromatic rings. The van der Waals surface area contributed by atoms with Gasteiger partial charge in [-0.2, -0.15) is 0 Å². The summed E-state index contributed by atoms with van der Waals surface area (Å²) in [5.74, 6) is -3.00. The number of carbonyl (C=O) groups is 1. The van der Waals surface area contributed by atoms with Crippen LogP contribution in [0.5, 0.6) is 0 Å². The van der Waals surface area contributed by atoms with Crippen LogP contribution in [0.25, 0.3) is 0 Å². The Bertz CT molecular complexity index is 737. The molecule has 1 fully saturated rings. The number of halogens is 2. The molecule has 1 spiro atoms. The second-order valence-electron chi connectivity index (χ2n) is 9.27. The lowest BCUT2D eigenvalue weighted by Crippen LogP contribution is -2.47. The number of oxime groups is 1. The van der Waals surface area contributed by atoms with E-state index in [-0.39, 0.29) is 23.3 Å². The van der Waals surface area contributed by atoms with Crippen LogP contribution in [0.4, 0.5) is 8.78 Å². The average Bonchev–Trinajstić information content (AvgIpc) is 3.03. The molecule has 1 amide bonds. The van der Waals surface area contributed by atoms with Crippen molar-refractivity contribution in [3.8, 4) is 0 Å². The minimum atomic E-state index is -2.80. The summed E-state index contributed by atoms with van der Waals surface area (Å²) in [6, 6.07) is 8.44. The molecular weight excluding hydrogens is 362 g/mol. The summed E-state index contributed by atoms with van der Waals surface area (Å²) >= 11 is 0. The van der Waals surface area contributed by atoms with Gasteiger partial charge in [-0.3, -0.25) is 4.79 Å². The number of carbonyl (C=O) groups excluding carboxylic acids is 1. The predicted octanol–water partition coefficient (Wildman–Crippen LogP) is 4.91. The third-order valence-electron chi connectivity index (χ3n) is 5.73. The molecule has 2 heterocycles. The van der Waals surface area contributed by atoms with Crippen LogP contribution < -0.4 is 0 Å². The van der Waals surface area contributed by atoms with Crippen molar-refractivity contribution in [2.75, 3.05) is 13.1 Å². The first-order chi connectivity index (χ1) is 13.0. The standard InChI is InChI=1S/C22H30F2N2O2/c1-20(2,3)17-7-5-16(6-8-17)18-15-22(28-25-18)11-13-26(14-12-22)19(27)9-10-21(4,23)24/h5-8H,9-15H2,1-4H3. The molecule has 2 aliphatic rings. The van der Waals surface area contributed by atoms with Crippen LogP contribution >= 0.6 is 0 Å². The summed E-state index contributed by atoms with van der Waals surface area (Å²) in [5, 5.41) is 4.33. The van der Waals surface area contributed by atoms with Gasteiger partial charge in [-0.05, 0) is 23.5 Å². The van der Waals surface area contributed by atoms with E-state index in [0.717, 1.165) is 24.6 Å². The summed E-state index contributed by atoms with van der Waals surface area (Å²) in [4.78, 5) is 19.7. The smallest absolute Gasteiger partial charge is 0.245 e. The molecule has 0 aliphatic carbocycles. The molecule has 0 saturated carbocycles. The number of nitrogens with zero attached hydrogens (tertiary/aromatic N) is 2. The fourth-order valence-electron chi connectivity index (χ4n) is 3.76. The second-order valence-corrected chi connectivity index (χ2v) is 9.27. The molecule has 0 N–H and O–H groups in total. The highest BCUT2D eigenvalue weighted by molar-refractivity contribution is 6.01. The van der Waals surface area contributed by atoms with Crippen LogP contribution in [0.2, 0.25) is 0 Å². The molecule has 0 atom stereocenters. The highest BCUT2D eigenvalue weighted by atomic mass is 19.3. The molecule has 3 rings (SSSR count). The summed E-state index contributed by atoms with van der Waals surface area (Å²) in [6.45, 7) is 8.46. The Balaban J connectivity index is 1.55. The molecule has 0 aromatic heterocycles. The maximum absolute atomic E-state index is 13.0. The van der Waals surface area contributed by atoms with Gasteiger partial charge in [0.1, 0.15) is 5.60 Å². The monoisotopic (exact) mass is 392 g/mol. The van der Waals surface area contributed by atoms with E-state index in [9.17, 15) is 13.6 Å². The molecule has 4 nitrogen and oxygen atoms in total. The quantitative estimate of drug-likeness (QED) is 0.731. The van der Waals surface area contributed by atoms with Gasteiger partial charge in [0.05, 0.1) is 5.71 Å². The second kappa shape index (κ2) is 7.45. The van der Waals surface area contributed by atoms with Gasteiger partial charge in [-0.25, -0.2) is 8.78 Å². The Morgan fingerprint density at radius 3 is 2.29 bits per heavy atom. The third-order valence-corrected chi connectivity index (χ3v) is 5.73. The molecular formula is C22H30F2N2O2. The fourth-order valence-corrected chi connectivity index (χ4v) is 3.76. The summed E-state index contributed by atoms with van der Waals surface area (Å²) < 4.78 is 26.0. The van der Waals surface area contributed by atoms with E-state index in [2.05, 4.69) is 50.2 Å². The molecule has 0 unspecified atom stereocenters. The number of hydrogen-bond acceptors (Lipinski definition) is 3. The minimum Gasteiger partial charge on any atom is -0.388 e. The van der Waals surface area contributed by atoms with E-state index in [1.165, 1.54) is 5.56 Å². The zero-order chi connectivity index (χ0) is 20.6. The van der Waals surface area contributed by atoms with Gasteiger partial charge >= 0.3 is 0 Å². The highest BCUT2D eigenvalue weighted by Crippen LogP contribution is 2.36. The number of alkyl halides is 2. The lowest BCUT2D eigenvalue weighted by molar-refractivity contribution is -0.138. The maximum atomic E-state index is 13.0. The van der Waals surface area contributed by atoms with E-state index >= 15 is 0 Å². The Hall–Kier alpha value is -1.98. The van der Waals surface area contributed by atoms with E-state index in [4.69, 9.17) is 4.84 Å². The third kappa shape index (κ3) is 4.89. The maximum Gasteiger partial charge on any atom is 0.245 e. The average molecular weight is 392 g/mol. The zero-order valence-electron chi connectivity index (χ0n) is 17.2. The molecule has 28 heavy (non-hydrogen) atoms. The molecule has 1 saturated heterocycles. The van der Waals surface area contributed by atoms with Crippen LogP contribution in [0, 0.1) is 0 Å². The van der Waals surface area contributed by atoms with Gasteiger partial charge in [-0.15, -0.1) is 0 Å². The van der Waals surface area contributed by atoms with Crippen molar-refractivity contribution in [1.82, 2.24) is 4.90 Å². The van der Waals surface area contributed by atoms with Crippen molar-refractivity contribution < 1.29 is 18.4 Å². The number of amides is 1. The zero-order valence-corrected chi connectivity index (χ0v) is 17.2. The first-order valence-corrected chi connectivity index (χ1v) is 9.99. The molecule has 1 aromatic carbocycles. The van der Waals surface area contributed by atoms with E-state index in [1.54, 1.807) is 4.90 Å². The Kier molecular flexibility index (Phi) is 5.52. The molecule has 0 radical (unpaired) electrons. The molecule has 0 bridgehead atoms. The number of piperidine rings is 1. The van der Waals surface area contributed by atoms with Crippen LogP contribution in [0.3, 0.4) is 0 Å².